The molecule has 1 aromatic heterocycles. The van der Waals surface area contributed by atoms with Crippen molar-refractivity contribution in [2.24, 2.45) is 0 Å². The lowest BCUT2D eigenvalue weighted by Crippen LogP contribution is -2.16. The van der Waals surface area contributed by atoms with Gasteiger partial charge in [0.25, 0.3) is 5.91 Å². The molecule has 1 aromatic carbocycles. The normalized spacial score (nSPS) is 10.3. The molecule has 0 radical (unpaired) electrons. The van der Waals surface area contributed by atoms with Gasteiger partial charge in [-0.1, -0.05) is 38.0 Å². The van der Waals surface area contributed by atoms with Crippen molar-refractivity contribution in [1.82, 2.24) is 9.97 Å². The van der Waals surface area contributed by atoms with E-state index >= 15 is 0 Å². The molecule has 0 aliphatic carbocycles. The number of aryl methyl sites for hydroxylation is 1. The van der Waals surface area contributed by atoms with Crippen molar-refractivity contribution in [2.75, 3.05) is 17.2 Å². The molecular weight excluding hydrogens is 276 g/mol. The number of carbonyl (C=O) groups excluding carboxylic acids is 1. The van der Waals surface area contributed by atoms with Crippen LogP contribution < -0.4 is 10.6 Å². The molecule has 0 saturated heterocycles. The monoisotopic (exact) mass is 298 g/mol. The fourth-order valence-corrected chi connectivity index (χ4v) is 2.05. The molecule has 0 unspecified atom stereocenters. The fourth-order valence-electron chi connectivity index (χ4n) is 2.05. The van der Waals surface area contributed by atoms with E-state index < -0.39 is 0 Å². The van der Waals surface area contributed by atoms with Crippen molar-refractivity contribution in [2.45, 2.75) is 33.1 Å². The Kier molecular flexibility index (Phi) is 5.89. The Labute approximate surface area is 131 Å². The van der Waals surface area contributed by atoms with Gasteiger partial charge in [-0.2, -0.15) is 0 Å². The summed E-state index contributed by atoms with van der Waals surface area (Å²) in [4.78, 5) is 20.7. The van der Waals surface area contributed by atoms with Crippen LogP contribution in [0.5, 0.6) is 0 Å². The zero-order valence-corrected chi connectivity index (χ0v) is 13.1. The third-order valence-corrected chi connectivity index (χ3v) is 3.34. The number of para-hydroxylation sites is 1. The first kappa shape index (κ1) is 15.9. The summed E-state index contributed by atoms with van der Waals surface area (Å²) in [5, 5.41) is 6.02. The first-order valence-electron chi connectivity index (χ1n) is 7.64. The third kappa shape index (κ3) is 4.55. The number of aromatic nitrogens is 2. The largest absolute Gasteiger partial charge is 0.354 e. The van der Waals surface area contributed by atoms with Crippen LogP contribution in [0.25, 0.3) is 0 Å². The Morgan fingerprint density at radius 1 is 1.18 bits per heavy atom. The molecule has 116 valence electrons. The minimum absolute atomic E-state index is 0.228. The number of hydrogen-bond acceptors (Lipinski definition) is 4. The molecule has 1 amide bonds. The Hall–Kier alpha value is -2.43. The zero-order chi connectivity index (χ0) is 15.8. The van der Waals surface area contributed by atoms with Crippen LogP contribution >= 0.6 is 0 Å². The fraction of sp³-hybridized carbons (Fsp3) is 0.353. The van der Waals surface area contributed by atoms with Gasteiger partial charge in [0.15, 0.2) is 0 Å². The zero-order valence-electron chi connectivity index (χ0n) is 13.1. The Morgan fingerprint density at radius 2 is 2.00 bits per heavy atom. The van der Waals surface area contributed by atoms with E-state index in [4.69, 9.17) is 0 Å². The molecule has 2 aromatic rings. The molecule has 0 aliphatic rings. The Bertz CT molecular complexity index is 628. The van der Waals surface area contributed by atoms with Crippen LogP contribution in [0.4, 0.5) is 11.6 Å². The average molecular weight is 298 g/mol. The molecular formula is C17H22N4O. The average Bonchev–Trinajstić information content (AvgIpc) is 2.54. The maximum atomic E-state index is 12.3. The van der Waals surface area contributed by atoms with Crippen molar-refractivity contribution in [3.8, 4) is 0 Å². The summed E-state index contributed by atoms with van der Waals surface area (Å²) >= 11 is 0. The summed E-state index contributed by atoms with van der Waals surface area (Å²) < 4.78 is 0. The third-order valence-electron chi connectivity index (χ3n) is 3.34. The second-order valence-electron chi connectivity index (χ2n) is 5.17. The van der Waals surface area contributed by atoms with Crippen molar-refractivity contribution >= 4 is 17.5 Å². The summed E-state index contributed by atoms with van der Waals surface area (Å²) in [6.07, 6.45) is 5.00. The Balaban J connectivity index is 1.99. The Morgan fingerprint density at radius 3 is 2.77 bits per heavy atom. The van der Waals surface area contributed by atoms with Crippen molar-refractivity contribution in [1.29, 1.82) is 0 Å². The predicted octanol–water partition coefficient (Wildman–Crippen LogP) is 3.64. The lowest BCUT2D eigenvalue weighted by atomic mass is 10.2. The van der Waals surface area contributed by atoms with Crippen LogP contribution in [-0.2, 0) is 0 Å². The van der Waals surface area contributed by atoms with E-state index in [2.05, 4.69) is 27.5 Å². The standard InChI is InChI=1S/C17H22N4O/c1-3-4-7-11-18-17-19-12-10-15(21-17)16(22)20-14-9-6-5-8-13(14)2/h5-6,8-10,12H,3-4,7,11H2,1-2H3,(H,20,22)(H,18,19,21). The molecule has 0 atom stereocenters. The molecule has 5 nitrogen and oxygen atoms in total. The van der Waals surface area contributed by atoms with Crippen LogP contribution in [0.2, 0.25) is 0 Å². The summed E-state index contributed by atoms with van der Waals surface area (Å²) in [6.45, 7) is 4.93. The number of nitrogens with zero attached hydrogens (tertiary/aromatic N) is 2. The van der Waals surface area contributed by atoms with Gasteiger partial charge in [0, 0.05) is 18.4 Å². The molecule has 5 heteroatoms. The van der Waals surface area contributed by atoms with E-state index in [-0.39, 0.29) is 5.91 Å². The van der Waals surface area contributed by atoms with Gasteiger partial charge in [-0.25, -0.2) is 9.97 Å². The number of benzene rings is 1. The van der Waals surface area contributed by atoms with Gasteiger partial charge in [-0.3, -0.25) is 4.79 Å². The molecule has 2 N–H and O–H groups in total. The summed E-state index contributed by atoms with van der Waals surface area (Å²) in [6, 6.07) is 9.27. The van der Waals surface area contributed by atoms with Crippen molar-refractivity contribution in [3.63, 3.8) is 0 Å². The minimum Gasteiger partial charge on any atom is -0.354 e. The second-order valence-corrected chi connectivity index (χ2v) is 5.17. The summed E-state index contributed by atoms with van der Waals surface area (Å²) in [5.41, 5.74) is 2.17. The van der Waals surface area contributed by atoms with Crippen LogP contribution in [0.1, 0.15) is 42.2 Å². The van der Waals surface area contributed by atoms with Gasteiger partial charge >= 0.3 is 0 Å². The maximum Gasteiger partial charge on any atom is 0.274 e. The van der Waals surface area contributed by atoms with E-state index in [0.717, 1.165) is 24.2 Å². The van der Waals surface area contributed by atoms with Crippen LogP contribution in [-0.4, -0.2) is 22.4 Å². The first-order valence-corrected chi connectivity index (χ1v) is 7.64. The summed E-state index contributed by atoms with van der Waals surface area (Å²) in [7, 11) is 0. The number of nitrogens with one attached hydrogen (secondary N) is 2. The number of anilines is 2. The molecule has 0 saturated carbocycles. The van der Waals surface area contributed by atoms with Crippen LogP contribution in [0, 0.1) is 6.92 Å². The van der Waals surface area contributed by atoms with Gasteiger partial charge < -0.3 is 10.6 Å². The highest BCUT2D eigenvalue weighted by atomic mass is 16.1. The van der Waals surface area contributed by atoms with Gasteiger partial charge in [0.2, 0.25) is 5.95 Å². The van der Waals surface area contributed by atoms with Gasteiger partial charge in [0.05, 0.1) is 0 Å². The molecule has 0 spiro atoms. The van der Waals surface area contributed by atoms with E-state index in [0.29, 0.717) is 11.6 Å². The topological polar surface area (TPSA) is 66.9 Å². The molecule has 2 rings (SSSR count). The van der Waals surface area contributed by atoms with Crippen molar-refractivity contribution < 1.29 is 4.79 Å². The number of rotatable bonds is 7. The predicted molar refractivity (Wildman–Crippen MR) is 89.2 cm³/mol. The lowest BCUT2D eigenvalue weighted by Gasteiger charge is -2.09. The van der Waals surface area contributed by atoms with Gasteiger partial charge in [0.1, 0.15) is 5.69 Å². The SMILES string of the molecule is CCCCCNc1nccc(C(=O)Nc2ccccc2C)n1. The molecule has 0 aliphatic heterocycles. The quantitative estimate of drug-likeness (QED) is 0.766. The number of hydrogen-bond donors (Lipinski definition) is 2. The highest BCUT2D eigenvalue weighted by molar-refractivity contribution is 6.03. The number of carbonyl (C=O) groups is 1. The maximum absolute atomic E-state index is 12.3. The van der Waals surface area contributed by atoms with Crippen LogP contribution in [0.3, 0.4) is 0 Å². The highest BCUT2D eigenvalue weighted by Crippen LogP contribution is 2.14. The number of unbranched alkanes of at least 4 members (excludes halogenated alkanes) is 2. The minimum atomic E-state index is -0.228. The van der Waals surface area contributed by atoms with Crippen LogP contribution in [0.15, 0.2) is 36.5 Å². The highest BCUT2D eigenvalue weighted by Gasteiger charge is 2.10. The van der Waals surface area contributed by atoms with E-state index in [1.165, 1.54) is 12.8 Å². The second kappa shape index (κ2) is 8.12. The summed E-state index contributed by atoms with van der Waals surface area (Å²) in [5.74, 6) is 0.266. The van der Waals surface area contributed by atoms with E-state index in [9.17, 15) is 4.79 Å². The smallest absolute Gasteiger partial charge is 0.274 e. The van der Waals surface area contributed by atoms with Crippen molar-refractivity contribution in [3.05, 3.63) is 47.8 Å². The molecule has 1 heterocycles. The molecule has 22 heavy (non-hydrogen) atoms. The van der Waals surface area contributed by atoms with Gasteiger partial charge in [-0.05, 0) is 31.0 Å². The van der Waals surface area contributed by atoms with E-state index in [1.807, 2.05) is 31.2 Å². The van der Waals surface area contributed by atoms with Gasteiger partial charge in [-0.15, -0.1) is 0 Å². The lowest BCUT2D eigenvalue weighted by molar-refractivity contribution is 0.102. The van der Waals surface area contributed by atoms with E-state index in [1.54, 1.807) is 12.3 Å². The first-order chi connectivity index (χ1) is 10.7. The molecule has 0 bridgehead atoms. The molecule has 0 fully saturated rings. The number of amides is 1.